The number of nitrogens with zero attached hydrogens (tertiary/aromatic N) is 2. The van der Waals surface area contributed by atoms with Crippen molar-refractivity contribution in [3.05, 3.63) is 45.4 Å². The van der Waals surface area contributed by atoms with Crippen LogP contribution in [0, 0.1) is 17.8 Å². The summed E-state index contributed by atoms with van der Waals surface area (Å²) in [5, 5.41) is 2.77. The molecule has 0 bridgehead atoms. The minimum atomic E-state index is -4.16. The zero-order valence-corrected chi connectivity index (χ0v) is 23.2. The number of pyridine rings is 1. The number of sulfone groups is 1. The normalized spacial score (nSPS) is 22.1. The number of nitrogens with one attached hydrogen (secondary N) is 1. The summed E-state index contributed by atoms with van der Waals surface area (Å²) in [6, 6.07) is 4.38. The smallest absolute Gasteiger partial charge is 0.346 e. The highest BCUT2D eigenvalue weighted by atomic mass is 32.2. The maximum atomic E-state index is 13.3. The predicted octanol–water partition coefficient (Wildman–Crippen LogP) is 5.39. The van der Waals surface area contributed by atoms with E-state index in [1.165, 1.54) is 23.6 Å². The second kappa shape index (κ2) is 11.0. The molecule has 2 aliphatic rings. The molecular formula is C26H32F3N3O4S2. The first kappa shape index (κ1) is 28.5. The summed E-state index contributed by atoms with van der Waals surface area (Å²) in [4.78, 5) is 33.4. The Morgan fingerprint density at radius 1 is 1.21 bits per heavy atom. The number of hydrogen-bond acceptors (Lipinski definition) is 6. The van der Waals surface area contributed by atoms with Crippen LogP contribution in [0.5, 0.6) is 0 Å². The quantitative estimate of drug-likeness (QED) is 0.459. The Morgan fingerprint density at radius 2 is 1.89 bits per heavy atom. The molecule has 0 radical (unpaired) electrons. The number of fused-ring (bicyclic) bond motifs is 1. The van der Waals surface area contributed by atoms with Crippen LogP contribution >= 0.6 is 11.3 Å². The molecule has 2 aromatic rings. The average Bonchev–Trinajstić information content (AvgIpc) is 3.41. The fourth-order valence-electron chi connectivity index (χ4n) is 5.26. The average molecular weight is 572 g/mol. The molecule has 1 fully saturated rings. The number of carbonyl (C=O) groups excluding carboxylic acids is 2. The lowest BCUT2D eigenvalue weighted by molar-refractivity contribution is -0.184. The van der Waals surface area contributed by atoms with Gasteiger partial charge in [0.05, 0.1) is 45.3 Å². The molecule has 1 N–H and O–H groups in total. The van der Waals surface area contributed by atoms with E-state index in [0.717, 1.165) is 4.88 Å². The molecule has 38 heavy (non-hydrogen) atoms. The molecule has 1 aliphatic carbocycles. The summed E-state index contributed by atoms with van der Waals surface area (Å²) in [6.07, 6.45) is -1.80. The van der Waals surface area contributed by atoms with E-state index in [1.807, 2.05) is 13.8 Å². The van der Waals surface area contributed by atoms with E-state index < -0.39 is 21.9 Å². The van der Waals surface area contributed by atoms with Crippen molar-refractivity contribution < 1.29 is 31.2 Å². The van der Waals surface area contributed by atoms with Gasteiger partial charge in [0.15, 0.2) is 9.84 Å². The maximum absolute atomic E-state index is 13.3. The molecule has 208 valence electrons. The summed E-state index contributed by atoms with van der Waals surface area (Å²) in [5.41, 5.74) is 0.982. The Bertz CT molecular complexity index is 1280. The number of rotatable bonds is 8. The maximum Gasteiger partial charge on any atom is 0.391 e. The Morgan fingerprint density at radius 3 is 2.45 bits per heavy atom. The molecule has 12 heteroatoms. The van der Waals surface area contributed by atoms with Gasteiger partial charge in [0.2, 0.25) is 0 Å². The van der Waals surface area contributed by atoms with Gasteiger partial charge in [-0.3, -0.25) is 14.6 Å². The zero-order valence-electron chi connectivity index (χ0n) is 21.5. The van der Waals surface area contributed by atoms with Crippen molar-refractivity contribution in [1.82, 2.24) is 15.2 Å². The highest BCUT2D eigenvalue weighted by Crippen LogP contribution is 2.46. The first-order valence-electron chi connectivity index (χ1n) is 12.8. The van der Waals surface area contributed by atoms with Gasteiger partial charge in [0, 0.05) is 17.6 Å². The molecule has 0 unspecified atom stereocenters. The van der Waals surface area contributed by atoms with Crippen LogP contribution in [0.25, 0.3) is 0 Å². The number of carbonyl (C=O) groups is 2. The predicted molar refractivity (Wildman–Crippen MR) is 138 cm³/mol. The minimum absolute atomic E-state index is 0.0273. The van der Waals surface area contributed by atoms with Crippen molar-refractivity contribution in [2.75, 3.05) is 12.3 Å². The van der Waals surface area contributed by atoms with Crippen LogP contribution in [0.15, 0.2) is 29.3 Å². The minimum Gasteiger partial charge on any atom is -0.346 e. The van der Waals surface area contributed by atoms with Gasteiger partial charge in [-0.1, -0.05) is 20.8 Å². The van der Waals surface area contributed by atoms with Crippen LogP contribution in [0.4, 0.5) is 13.2 Å². The number of aromatic nitrogens is 1. The van der Waals surface area contributed by atoms with E-state index in [4.69, 9.17) is 0 Å². The fourth-order valence-corrected chi connectivity index (χ4v) is 7.44. The Kier molecular flexibility index (Phi) is 8.23. The van der Waals surface area contributed by atoms with Crippen molar-refractivity contribution in [2.24, 2.45) is 17.8 Å². The highest BCUT2D eigenvalue weighted by Gasteiger charge is 2.44. The monoisotopic (exact) mass is 571 g/mol. The van der Waals surface area contributed by atoms with Gasteiger partial charge < -0.3 is 10.2 Å². The molecule has 1 atom stereocenters. The molecule has 0 aromatic carbocycles. The molecule has 2 amide bonds. The summed E-state index contributed by atoms with van der Waals surface area (Å²) >= 11 is 1.26. The molecule has 2 aromatic heterocycles. The van der Waals surface area contributed by atoms with E-state index >= 15 is 0 Å². The van der Waals surface area contributed by atoms with Crippen molar-refractivity contribution >= 4 is 33.0 Å². The summed E-state index contributed by atoms with van der Waals surface area (Å²) in [7, 11) is -3.36. The van der Waals surface area contributed by atoms with Crippen molar-refractivity contribution in [2.45, 2.75) is 70.1 Å². The fraction of sp³-hybridized carbons (Fsp3) is 0.577. The van der Waals surface area contributed by atoms with E-state index in [9.17, 15) is 31.2 Å². The molecule has 0 saturated heterocycles. The van der Waals surface area contributed by atoms with E-state index in [0.29, 0.717) is 35.5 Å². The number of amides is 2. The first-order chi connectivity index (χ1) is 17.8. The van der Waals surface area contributed by atoms with Crippen molar-refractivity contribution in [3.63, 3.8) is 0 Å². The number of thiophene rings is 1. The van der Waals surface area contributed by atoms with Crippen LogP contribution < -0.4 is 5.32 Å². The highest BCUT2D eigenvalue weighted by molar-refractivity contribution is 7.91. The van der Waals surface area contributed by atoms with Crippen LogP contribution in [0.2, 0.25) is 0 Å². The van der Waals surface area contributed by atoms with Gasteiger partial charge >= 0.3 is 6.18 Å². The lowest BCUT2D eigenvalue weighted by Gasteiger charge is -2.35. The molecule has 7 nitrogen and oxygen atoms in total. The van der Waals surface area contributed by atoms with E-state index in [2.05, 4.69) is 10.3 Å². The second-order valence-electron chi connectivity index (χ2n) is 10.4. The van der Waals surface area contributed by atoms with E-state index in [1.54, 1.807) is 24.0 Å². The topological polar surface area (TPSA) is 96.4 Å². The van der Waals surface area contributed by atoms with E-state index in [-0.39, 0.29) is 59.7 Å². The van der Waals surface area contributed by atoms with Gasteiger partial charge in [-0.05, 0) is 55.7 Å². The second-order valence-corrected chi connectivity index (χ2v) is 13.7. The van der Waals surface area contributed by atoms with Crippen molar-refractivity contribution in [1.29, 1.82) is 0 Å². The zero-order chi connectivity index (χ0) is 27.8. The van der Waals surface area contributed by atoms with Gasteiger partial charge in [0.25, 0.3) is 11.8 Å². The molecule has 0 spiro atoms. The van der Waals surface area contributed by atoms with Gasteiger partial charge in [-0.25, -0.2) is 8.42 Å². The lowest BCUT2D eigenvalue weighted by Crippen LogP contribution is -2.37. The van der Waals surface area contributed by atoms with Crippen LogP contribution in [-0.4, -0.2) is 48.6 Å². The van der Waals surface area contributed by atoms with Crippen LogP contribution in [0.3, 0.4) is 0 Å². The Hall–Kier alpha value is -2.47. The summed E-state index contributed by atoms with van der Waals surface area (Å²) in [5.74, 6) is -1.72. The molecule has 3 heterocycles. The number of halogens is 3. The number of hydrogen-bond donors (Lipinski definition) is 1. The molecular weight excluding hydrogens is 539 g/mol. The van der Waals surface area contributed by atoms with Gasteiger partial charge in [0.1, 0.15) is 0 Å². The van der Waals surface area contributed by atoms with Crippen molar-refractivity contribution in [3.8, 4) is 0 Å². The molecule has 1 aliphatic heterocycles. The third kappa shape index (κ3) is 5.90. The van der Waals surface area contributed by atoms with Gasteiger partial charge in [-0.15, -0.1) is 11.3 Å². The summed E-state index contributed by atoms with van der Waals surface area (Å²) in [6.45, 7) is 6.06. The third-order valence-corrected chi connectivity index (χ3v) is 10.4. The molecule has 1 saturated carbocycles. The standard InChI is InChI=1S/C26H32F3N3O4S2/c1-4-38(35,36)19-10-9-18(30-13-19)12-31-24(33)21-11-20-23(37-21)22(15(2)3)32(25(20)34)14-16-5-7-17(8-6-16)26(27,28)29/h9-11,13,15-17,22H,4-8,12,14H2,1-3H3,(H,31,33)/t16-,17+,22-/m0/s1. The lowest BCUT2D eigenvalue weighted by atomic mass is 9.81. The Balaban J connectivity index is 1.40. The number of alkyl halides is 3. The summed E-state index contributed by atoms with van der Waals surface area (Å²) < 4.78 is 63.0. The largest absolute Gasteiger partial charge is 0.391 e. The first-order valence-corrected chi connectivity index (χ1v) is 15.3. The molecule has 4 rings (SSSR count). The van der Waals surface area contributed by atoms with Gasteiger partial charge in [-0.2, -0.15) is 13.2 Å². The Labute approximate surface area is 224 Å². The third-order valence-electron chi connectivity index (χ3n) is 7.44. The van der Waals surface area contributed by atoms with Crippen LogP contribution in [-0.2, 0) is 16.4 Å². The van der Waals surface area contributed by atoms with Crippen LogP contribution in [0.1, 0.15) is 83.1 Å². The SMILES string of the molecule is CCS(=O)(=O)c1ccc(CNC(=O)c2cc3c(s2)[C@H](C(C)C)N(C[C@H]2CC[C@@H](C(F)(F)F)CC2)C3=O)nc1.